The number of fused-ring (bicyclic) bond motifs is 1. The number of hydrogen-bond acceptors (Lipinski definition) is 7. The minimum atomic E-state index is -1.00. The summed E-state index contributed by atoms with van der Waals surface area (Å²) in [5.74, 6) is 1.43. The summed E-state index contributed by atoms with van der Waals surface area (Å²) in [4.78, 5) is 15.7. The highest BCUT2D eigenvalue weighted by molar-refractivity contribution is 5.74. The second-order valence-electron chi connectivity index (χ2n) is 8.01. The molecule has 2 N–H and O–H groups in total. The number of methoxy groups -OCH3 is 1. The highest BCUT2D eigenvalue weighted by Crippen LogP contribution is 2.27. The number of carboxylic acid groups (broad SMARTS) is 1. The smallest absolute Gasteiger partial charge is 0.344 e. The van der Waals surface area contributed by atoms with Crippen molar-refractivity contribution < 1.29 is 28.5 Å². The molecule has 0 aliphatic rings. The van der Waals surface area contributed by atoms with E-state index < -0.39 is 18.2 Å². The van der Waals surface area contributed by atoms with Gasteiger partial charge in [-0.25, -0.2) is 9.78 Å². The van der Waals surface area contributed by atoms with Crippen molar-refractivity contribution in [2.45, 2.75) is 25.6 Å². The fourth-order valence-corrected chi connectivity index (χ4v) is 3.53. The lowest BCUT2D eigenvalue weighted by atomic mass is 10.1. The van der Waals surface area contributed by atoms with Crippen molar-refractivity contribution in [3.05, 3.63) is 84.3 Å². The van der Waals surface area contributed by atoms with E-state index in [0.717, 1.165) is 17.7 Å². The first kappa shape index (κ1) is 24.1. The molecule has 0 saturated heterocycles. The van der Waals surface area contributed by atoms with E-state index in [0.29, 0.717) is 41.6 Å². The second-order valence-corrected chi connectivity index (χ2v) is 8.01. The molecule has 0 aliphatic heterocycles. The molecular weight excluding hydrogens is 448 g/mol. The standard InChI is InChI=1S/C27H28N2O6/c1-18(27(30)31)33-22-10-6-7-19(15-22)13-14-28-17-25(34-20-8-4-3-5-9-20)26-29-23-16-21(32-2)11-12-24(23)35-26/h3-12,15-16,18,25,28H,13-14,17H2,1-2H3,(H,30,31). The minimum Gasteiger partial charge on any atom is -0.497 e. The topological polar surface area (TPSA) is 103 Å². The summed E-state index contributed by atoms with van der Waals surface area (Å²) < 4.78 is 22.9. The molecule has 4 aromatic rings. The maximum Gasteiger partial charge on any atom is 0.344 e. The van der Waals surface area contributed by atoms with Crippen LogP contribution in [0.3, 0.4) is 0 Å². The number of rotatable bonds is 12. The van der Waals surface area contributed by atoms with Gasteiger partial charge in [0.15, 0.2) is 17.8 Å². The third-order valence-electron chi connectivity index (χ3n) is 5.39. The van der Waals surface area contributed by atoms with E-state index in [1.54, 1.807) is 13.2 Å². The van der Waals surface area contributed by atoms with Gasteiger partial charge in [-0.15, -0.1) is 0 Å². The van der Waals surface area contributed by atoms with Crippen LogP contribution in [-0.2, 0) is 11.2 Å². The summed E-state index contributed by atoms with van der Waals surface area (Å²) in [6.07, 6.45) is -0.626. The molecule has 182 valence electrons. The monoisotopic (exact) mass is 476 g/mol. The van der Waals surface area contributed by atoms with Crippen molar-refractivity contribution >= 4 is 17.1 Å². The van der Waals surface area contributed by atoms with Crippen LogP contribution in [0.25, 0.3) is 11.1 Å². The van der Waals surface area contributed by atoms with Crippen molar-refractivity contribution in [1.82, 2.24) is 10.3 Å². The maximum atomic E-state index is 11.0. The van der Waals surface area contributed by atoms with E-state index in [1.165, 1.54) is 6.92 Å². The zero-order chi connectivity index (χ0) is 24.6. The Morgan fingerprint density at radius 3 is 2.57 bits per heavy atom. The lowest BCUT2D eigenvalue weighted by Gasteiger charge is -2.17. The Labute approximate surface area is 203 Å². The molecule has 35 heavy (non-hydrogen) atoms. The first-order valence-electron chi connectivity index (χ1n) is 11.4. The minimum absolute atomic E-state index is 0.443. The van der Waals surface area contributed by atoms with E-state index >= 15 is 0 Å². The zero-order valence-electron chi connectivity index (χ0n) is 19.6. The molecule has 1 aromatic heterocycles. The Kier molecular flexibility index (Phi) is 7.84. The van der Waals surface area contributed by atoms with Gasteiger partial charge in [0.1, 0.15) is 22.8 Å². The van der Waals surface area contributed by atoms with Crippen LogP contribution < -0.4 is 19.5 Å². The lowest BCUT2D eigenvalue weighted by Crippen LogP contribution is -2.27. The number of nitrogens with one attached hydrogen (secondary N) is 1. The molecule has 0 bridgehead atoms. The summed E-state index contributed by atoms with van der Waals surface area (Å²) in [5.41, 5.74) is 2.39. The summed E-state index contributed by atoms with van der Waals surface area (Å²) in [7, 11) is 1.61. The van der Waals surface area contributed by atoms with Crippen LogP contribution in [0.5, 0.6) is 17.2 Å². The van der Waals surface area contributed by atoms with Crippen LogP contribution in [0, 0.1) is 0 Å². The van der Waals surface area contributed by atoms with Crippen molar-refractivity contribution in [3.8, 4) is 17.2 Å². The number of aromatic nitrogens is 1. The Bertz CT molecular complexity index is 1260. The molecule has 0 saturated carbocycles. The predicted molar refractivity (Wildman–Crippen MR) is 131 cm³/mol. The zero-order valence-corrected chi connectivity index (χ0v) is 19.6. The summed E-state index contributed by atoms with van der Waals surface area (Å²) in [6.45, 7) is 2.65. The van der Waals surface area contributed by atoms with Crippen LogP contribution >= 0.6 is 0 Å². The van der Waals surface area contributed by atoms with Gasteiger partial charge < -0.3 is 29.1 Å². The molecule has 2 unspecified atom stereocenters. The van der Waals surface area contributed by atoms with Crippen LogP contribution in [0.15, 0.2) is 77.2 Å². The van der Waals surface area contributed by atoms with Gasteiger partial charge in [-0.05, 0) is 61.9 Å². The number of benzene rings is 3. The molecule has 3 aromatic carbocycles. The van der Waals surface area contributed by atoms with Gasteiger partial charge in [0.2, 0.25) is 5.89 Å². The van der Waals surface area contributed by atoms with Crippen molar-refractivity contribution in [2.75, 3.05) is 20.2 Å². The predicted octanol–water partition coefficient (Wildman–Crippen LogP) is 4.64. The molecule has 0 aliphatic carbocycles. The van der Waals surface area contributed by atoms with Gasteiger partial charge in [-0.3, -0.25) is 0 Å². The summed E-state index contributed by atoms with van der Waals surface area (Å²) in [5, 5.41) is 12.5. The first-order valence-corrected chi connectivity index (χ1v) is 11.4. The number of oxazole rings is 1. The molecule has 0 radical (unpaired) electrons. The van der Waals surface area contributed by atoms with Crippen LogP contribution in [-0.4, -0.2) is 42.4 Å². The Balaban J connectivity index is 1.41. The number of carbonyl (C=O) groups is 1. The van der Waals surface area contributed by atoms with E-state index in [1.807, 2.05) is 66.7 Å². The van der Waals surface area contributed by atoms with Gasteiger partial charge in [-0.1, -0.05) is 30.3 Å². The molecule has 1 heterocycles. The van der Waals surface area contributed by atoms with Gasteiger partial charge in [0.05, 0.1) is 7.11 Å². The number of aliphatic carboxylic acids is 1. The second kappa shape index (κ2) is 11.4. The molecular formula is C27H28N2O6. The molecule has 0 spiro atoms. The molecule has 2 atom stereocenters. The first-order chi connectivity index (χ1) is 17.0. The van der Waals surface area contributed by atoms with E-state index in [4.69, 9.17) is 23.7 Å². The van der Waals surface area contributed by atoms with Crippen LogP contribution in [0.2, 0.25) is 0 Å². The number of carboxylic acids is 1. The van der Waals surface area contributed by atoms with Gasteiger partial charge in [0, 0.05) is 12.6 Å². The highest BCUT2D eigenvalue weighted by Gasteiger charge is 2.21. The third-order valence-corrected chi connectivity index (χ3v) is 5.39. The quantitative estimate of drug-likeness (QED) is 0.285. The summed E-state index contributed by atoms with van der Waals surface area (Å²) >= 11 is 0. The fraction of sp³-hybridized carbons (Fsp3) is 0.259. The fourth-order valence-electron chi connectivity index (χ4n) is 3.53. The summed E-state index contributed by atoms with van der Waals surface area (Å²) in [6, 6.07) is 22.5. The van der Waals surface area contributed by atoms with Gasteiger partial charge in [0.25, 0.3) is 0 Å². The molecule has 4 rings (SSSR count). The maximum absolute atomic E-state index is 11.0. The van der Waals surface area contributed by atoms with Crippen molar-refractivity contribution in [1.29, 1.82) is 0 Å². The average molecular weight is 477 g/mol. The molecule has 8 heteroatoms. The Morgan fingerprint density at radius 2 is 1.80 bits per heavy atom. The van der Waals surface area contributed by atoms with E-state index in [9.17, 15) is 4.79 Å². The van der Waals surface area contributed by atoms with Crippen LogP contribution in [0.4, 0.5) is 0 Å². The van der Waals surface area contributed by atoms with Crippen LogP contribution in [0.1, 0.15) is 24.5 Å². The number of ether oxygens (including phenoxy) is 3. The van der Waals surface area contributed by atoms with E-state index in [-0.39, 0.29) is 0 Å². The SMILES string of the molecule is COc1ccc2oc(C(CNCCc3cccc(OC(C)C(=O)O)c3)Oc3ccccc3)nc2c1. The number of hydrogen-bond donors (Lipinski definition) is 2. The van der Waals surface area contributed by atoms with Gasteiger partial charge >= 0.3 is 5.97 Å². The highest BCUT2D eigenvalue weighted by atomic mass is 16.5. The van der Waals surface area contributed by atoms with Crippen molar-refractivity contribution in [2.24, 2.45) is 0 Å². The average Bonchev–Trinajstić information content (AvgIpc) is 3.30. The lowest BCUT2D eigenvalue weighted by molar-refractivity contribution is -0.144. The Hall–Kier alpha value is -4.04. The van der Waals surface area contributed by atoms with Gasteiger partial charge in [-0.2, -0.15) is 0 Å². The van der Waals surface area contributed by atoms with E-state index in [2.05, 4.69) is 10.3 Å². The number of para-hydroxylation sites is 1. The number of nitrogens with zero attached hydrogens (tertiary/aromatic N) is 1. The molecule has 0 amide bonds. The Morgan fingerprint density at radius 1 is 1.00 bits per heavy atom. The molecule has 0 fully saturated rings. The normalized spacial score (nSPS) is 12.7. The third kappa shape index (κ3) is 6.51. The van der Waals surface area contributed by atoms with Crippen molar-refractivity contribution in [3.63, 3.8) is 0 Å². The molecule has 8 nitrogen and oxygen atoms in total. The largest absolute Gasteiger partial charge is 0.497 e.